The molecule has 0 bridgehead atoms. The van der Waals surface area contributed by atoms with Gasteiger partial charge in [0.05, 0.1) is 4.99 Å². The fraction of sp³-hybridized carbons (Fsp3) is 0.333. The van der Waals surface area contributed by atoms with Crippen LogP contribution >= 0.6 is 12.2 Å². The molecule has 4 N–H and O–H groups in total. The van der Waals surface area contributed by atoms with Crippen LogP contribution in [0.5, 0.6) is 0 Å². The molecule has 0 atom stereocenters. The smallest absolute Gasteiger partial charge is 0.0779 e. The minimum atomic E-state index is 0.373. The lowest BCUT2D eigenvalue weighted by Crippen LogP contribution is -2.14. The van der Waals surface area contributed by atoms with Crippen LogP contribution < -0.4 is 11.5 Å². The Morgan fingerprint density at radius 3 is 2.33 bits per heavy atom. The molecule has 0 aliphatic heterocycles. The van der Waals surface area contributed by atoms with Gasteiger partial charge in [0, 0.05) is 13.0 Å². The van der Waals surface area contributed by atoms with Crippen molar-refractivity contribution in [3.63, 3.8) is 0 Å². The third-order valence-electron chi connectivity index (χ3n) is 0.319. The van der Waals surface area contributed by atoms with E-state index in [2.05, 4.69) is 12.2 Å². The van der Waals surface area contributed by atoms with Gasteiger partial charge in [-0.1, -0.05) is 12.2 Å². The van der Waals surface area contributed by atoms with E-state index in [0.29, 0.717) is 11.5 Å². The van der Waals surface area contributed by atoms with Crippen molar-refractivity contribution in [2.75, 3.05) is 6.54 Å². The standard InChI is InChI=1S/C3H7N2S/c4-2-1-3(5)6/h1H,2,4H2,(H2,5,6). The van der Waals surface area contributed by atoms with Crippen molar-refractivity contribution in [2.24, 2.45) is 11.5 Å². The number of nitrogens with two attached hydrogens (primary N) is 2. The molecule has 0 amide bonds. The minimum Gasteiger partial charge on any atom is -0.393 e. The summed E-state index contributed by atoms with van der Waals surface area (Å²) in [5, 5.41) is 0. The maximum absolute atomic E-state index is 5.01. The topological polar surface area (TPSA) is 52.0 Å². The quantitative estimate of drug-likeness (QED) is 0.460. The van der Waals surface area contributed by atoms with Crippen molar-refractivity contribution < 1.29 is 0 Å². The molecule has 0 aromatic rings. The molecule has 0 saturated carbocycles. The summed E-state index contributed by atoms with van der Waals surface area (Å²) >= 11 is 4.44. The first kappa shape index (κ1) is 5.85. The average molecular weight is 103 g/mol. The van der Waals surface area contributed by atoms with Gasteiger partial charge in [0.15, 0.2) is 0 Å². The first-order valence-electron chi connectivity index (χ1n) is 1.60. The zero-order chi connectivity index (χ0) is 4.99. The van der Waals surface area contributed by atoms with Gasteiger partial charge in [-0.2, -0.15) is 0 Å². The summed E-state index contributed by atoms with van der Waals surface area (Å²) in [7, 11) is 0. The Kier molecular flexibility index (Phi) is 2.98. The molecule has 0 rings (SSSR count). The number of thiocarbonyl (C=S) groups is 1. The largest absolute Gasteiger partial charge is 0.393 e. The highest BCUT2D eigenvalue weighted by Gasteiger charge is 1.80. The van der Waals surface area contributed by atoms with Crippen molar-refractivity contribution in [2.45, 2.75) is 0 Å². The lowest BCUT2D eigenvalue weighted by molar-refractivity contribution is 1.21. The number of rotatable bonds is 2. The van der Waals surface area contributed by atoms with Crippen LogP contribution in [0, 0.1) is 6.42 Å². The van der Waals surface area contributed by atoms with Crippen molar-refractivity contribution >= 4 is 17.2 Å². The summed E-state index contributed by atoms with van der Waals surface area (Å²) in [6.45, 7) is 0.440. The molecule has 0 aromatic carbocycles. The summed E-state index contributed by atoms with van der Waals surface area (Å²) in [6.07, 6.45) is 1.58. The molecule has 0 saturated heterocycles. The summed E-state index contributed by atoms with van der Waals surface area (Å²) in [6, 6.07) is 0. The molecule has 0 aliphatic rings. The molecule has 0 heterocycles. The number of hydrogen-bond donors (Lipinski definition) is 2. The zero-order valence-corrected chi connectivity index (χ0v) is 4.16. The van der Waals surface area contributed by atoms with E-state index in [9.17, 15) is 0 Å². The maximum atomic E-state index is 5.01. The molecular formula is C3H7N2S. The van der Waals surface area contributed by atoms with Gasteiger partial charge in [0.1, 0.15) is 0 Å². The second-order valence-corrected chi connectivity index (χ2v) is 1.31. The van der Waals surface area contributed by atoms with E-state index in [1.165, 1.54) is 0 Å². The molecule has 0 spiro atoms. The summed E-state index contributed by atoms with van der Waals surface area (Å²) in [5.41, 5.74) is 10.0. The van der Waals surface area contributed by atoms with Gasteiger partial charge < -0.3 is 11.5 Å². The lowest BCUT2D eigenvalue weighted by atomic mass is 10.4. The molecule has 6 heavy (non-hydrogen) atoms. The van der Waals surface area contributed by atoms with Crippen molar-refractivity contribution in [1.29, 1.82) is 0 Å². The first-order valence-corrected chi connectivity index (χ1v) is 2.01. The maximum Gasteiger partial charge on any atom is 0.0779 e. The Balaban J connectivity index is 2.83. The molecule has 1 radical (unpaired) electrons. The van der Waals surface area contributed by atoms with Gasteiger partial charge in [-0.05, 0) is 0 Å². The molecular weight excluding hydrogens is 96.1 g/mol. The van der Waals surface area contributed by atoms with E-state index in [1.807, 2.05) is 0 Å². The molecule has 2 nitrogen and oxygen atoms in total. The molecule has 3 heteroatoms. The second-order valence-electron chi connectivity index (χ2n) is 0.842. The zero-order valence-electron chi connectivity index (χ0n) is 3.35. The average Bonchev–Trinajstić information content (AvgIpc) is 1.35. The van der Waals surface area contributed by atoms with Gasteiger partial charge in [0.2, 0.25) is 0 Å². The van der Waals surface area contributed by atoms with Crippen LogP contribution in [-0.2, 0) is 0 Å². The molecule has 0 aliphatic carbocycles. The van der Waals surface area contributed by atoms with Crippen molar-refractivity contribution in [1.82, 2.24) is 0 Å². The molecule has 0 fully saturated rings. The minimum absolute atomic E-state index is 0.373. The fourth-order valence-electron chi connectivity index (χ4n) is 0.116. The third kappa shape index (κ3) is 3.85. The monoisotopic (exact) mass is 103 g/mol. The van der Waals surface area contributed by atoms with Crippen LogP contribution in [0.3, 0.4) is 0 Å². The molecule has 0 unspecified atom stereocenters. The Bertz CT molecular complexity index is 52.8. The lowest BCUT2D eigenvalue weighted by Gasteiger charge is -1.85. The highest BCUT2D eigenvalue weighted by Crippen LogP contribution is 1.67. The van der Waals surface area contributed by atoms with E-state index in [1.54, 1.807) is 6.42 Å². The predicted molar refractivity (Wildman–Crippen MR) is 30.1 cm³/mol. The van der Waals surface area contributed by atoms with Gasteiger partial charge in [-0.15, -0.1) is 0 Å². The molecule has 0 aromatic heterocycles. The molecule has 35 valence electrons. The van der Waals surface area contributed by atoms with Gasteiger partial charge >= 0.3 is 0 Å². The normalized spacial score (nSPS) is 8.17. The van der Waals surface area contributed by atoms with Crippen LogP contribution in [0.1, 0.15) is 0 Å². The highest BCUT2D eigenvalue weighted by atomic mass is 32.1. The van der Waals surface area contributed by atoms with Gasteiger partial charge in [-0.25, -0.2) is 0 Å². The van der Waals surface area contributed by atoms with E-state index >= 15 is 0 Å². The van der Waals surface area contributed by atoms with Crippen LogP contribution in [-0.4, -0.2) is 11.5 Å². The van der Waals surface area contributed by atoms with E-state index in [-0.39, 0.29) is 0 Å². The Labute approximate surface area is 42.5 Å². The van der Waals surface area contributed by atoms with Crippen molar-refractivity contribution in [3.8, 4) is 0 Å². The summed E-state index contributed by atoms with van der Waals surface area (Å²) < 4.78 is 0. The van der Waals surface area contributed by atoms with Crippen LogP contribution in [0.4, 0.5) is 0 Å². The summed E-state index contributed by atoms with van der Waals surface area (Å²) in [4.78, 5) is 0.373. The van der Waals surface area contributed by atoms with Gasteiger partial charge in [0.25, 0.3) is 0 Å². The Hall–Kier alpha value is -0.150. The Morgan fingerprint density at radius 1 is 1.83 bits per heavy atom. The summed E-state index contributed by atoms with van der Waals surface area (Å²) in [5.74, 6) is 0. The third-order valence-corrected chi connectivity index (χ3v) is 0.486. The van der Waals surface area contributed by atoms with E-state index in [4.69, 9.17) is 11.5 Å². The number of hydrogen-bond acceptors (Lipinski definition) is 2. The second kappa shape index (κ2) is 3.06. The van der Waals surface area contributed by atoms with E-state index < -0.39 is 0 Å². The fourth-order valence-corrected chi connectivity index (χ4v) is 0.212. The first-order chi connectivity index (χ1) is 2.77. The van der Waals surface area contributed by atoms with Crippen LogP contribution in [0.25, 0.3) is 0 Å². The highest BCUT2D eigenvalue weighted by molar-refractivity contribution is 7.80. The Morgan fingerprint density at radius 2 is 2.33 bits per heavy atom. The van der Waals surface area contributed by atoms with Crippen LogP contribution in [0.15, 0.2) is 0 Å². The van der Waals surface area contributed by atoms with E-state index in [0.717, 1.165) is 0 Å². The van der Waals surface area contributed by atoms with Crippen molar-refractivity contribution in [3.05, 3.63) is 6.42 Å². The van der Waals surface area contributed by atoms with Crippen LogP contribution in [0.2, 0.25) is 0 Å². The predicted octanol–water partition coefficient (Wildman–Crippen LogP) is -0.565. The SMILES string of the molecule is NC[CH]C(N)=S. The van der Waals surface area contributed by atoms with Gasteiger partial charge in [-0.3, -0.25) is 0 Å².